The Bertz CT molecular complexity index is 1090. The van der Waals surface area contributed by atoms with E-state index in [1.165, 1.54) is 7.11 Å². The number of amides is 2. The fourth-order valence-electron chi connectivity index (χ4n) is 5.70. The van der Waals surface area contributed by atoms with Gasteiger partial charge < -0.3 is 24.8 Å². The van der Waals surface area contributed by atoms with Crippen molar-refractivity contribution in [2.24, 2.45) is 11.8 Å². The molecule has 2 aromatic carbocycles. The maximum atomic E-state index is 13.3. The highest BCUT2D eigenvalue weighted by Gasteiger charge is 2.58. The summed E-state index contributed by atoms with van der Waals surface area (Å²) in [5.41, 5.74) is 4.47. The molecule has 8 nitrogen and oxygen atoms in total. The highest BCUT2D eigenvalue weighted by atomic mass is 16.5. The Morgan fingerprint density at radius 3 is 2.26 bits per heavy atom. The average Bonchev–Trinajstić information content (AvgIpc) is 3.51. The lowest BCUT2D eigenvalue weighted by Crippen LogP contribution is -2.56. The standard InChI is InChI=1S/C26H28N2O6/c1-14(33-2)23(24(29)28-12-15-11-21(28)22(15)25(30)31)27-26(32)34-13-20-18-9-5-3-7-16(18)17-8-4-6-10-19(17)20/h3-10,14-15,20-23H,11-13H2,1-2H3,(H,27,32)(H,30,31)/t14-,15?,21?,22?,23+/m1/s1. The summed E-state index contributed by atoms with van der Waals surface area (Å²) in [6.45, 7) is 2.22. The highest BCUT2D eigenvalue weighted by molar-refractivity contribution is 5.88. The van der Waals surface area contributed by atoms with E-state index in [2.05, 4.69) is 17.4 Å². The molecular weight excluding hydrogens is 436 g/mol. The van der Waals surface area contributed by atoms with Crippen molar-refractivity contribution in [1.82, 2.24) is 10.2 Å². The maximum Gasteiger partial charge on any atom is 0.407 e. The summed E-state index contributed by atoms with van der Waals surface area (Å²) in [4.78, 5) is 39.1. The number of carbonyl (C=O) groups is 3. The number of ether oxygens (including phenoxy) is 2. The summed E-state index contributed by atoms with van der Waals surface area (Å²) in [7, 11) is 1.47. The van der Waals surface area contributed by atoms with Gasteiger partial charge in [0.2, 0.25) is 5.91 Å². The molecule has 0 radical (unpaired) electrons. The Morgan fingerprint density at radius 1 is 1.09 bits per heavy atom. The van der Waals surface area contributed by atoms with Crippen molar-refractivity contribution in [2.45, 2.75) is 37.5 Å². The molecule has 8 heteroatoms. The van der Waals surface area contributed by atoms with Crippen LogP contribution >= 0.6 is 0 Å². The van der Waals surface area contributed by atoms with Gasteiger partial charge in [-0.2, -0.15) is 0 Å². The molecule has 178 valence electrons. The van der Waals surface area contributed by atoms with Gasteiger partial charge in [-0.15, -0.1) is 0 Å². The van der Waals surface area contributed by atoms with E-state index in [4.69, 9.17) is 9.47 Å². The van der Waals surface area contributed by atoms with Crippen LogP contribution in [-0.2, 0) is 19.1 Å². The van der Waals surface area contributed by atoms with Crippen LogP contribution in [0.1, 0.15) is 30.4 Å². The number of rotatable bonds is 7. The minimum atomic E-state index is -0.963. The number of nitrogens with zero attached hydrogens (tertiary/aromatic N) is 1. The lowest BCUT2D eigenvalue weighted by Gasteiger charge is -2.35. The molecule has 5 atom stereocenters. The number of nitrogens with one attached hydrogen (secondary N) is 1. The Kier molecular flexibility index (Phi) is 5.77. The summed E-state index contributed by atoms with van der Waals surface area (Å²) in [6, 6.07) is 14.8. The van der Waals surface area contributed by atoms with Crippen molar-refractivity contribution < 1.29 is 29.0 Å². The fourth-order valence-corrected chi connectivity index (χ4v) is 5.70. The maximum absolute atomic E-state index is 13.3. The normalized spacial score (nSPS) is 23.9. The molecule has 0 spiro atoms. The van der Waals surface area contributed by atoms with Gasteiger partial charge >= 0.3 is 12.1 Å². The van der Waals surface area contributed by atoms with Crippen LogP contribution in [-0.4, -0.2) is 66.4 Å². The topological polar surface area (TPSA) is 105 Å². The van der Waals surface area contributed by atoms with Crippen molar-refractivity contribution in [1.29, 1.82) is 0 Å². The number of hydrogen-bond acceptors (Lipinski definition) is 5. The van der Waals surface area contributed by atoms with Gasteiger partial charge in [0.25, 0.3) is 0 Å². The summed E-state index contributed by atoms with van der Waals surface area (Å²) >= 11 is 0. The second-order valence-electron chi connectivity index (χ2n) is 9.31. The molecule has 1 saturated carbocycles. The Labute approximate surface area is 197 Å². The van der Waals surface area contributed by atoms with Gasteiger partial charge in [-0.1, -0.05) is 48.5 Å². The van der Waals surface area contributed by atoms with Crippen molar-refractivity contribution in [3.8, 4) is 11.1 Å². The van der Waals surface area contributed by atoms with E-state index >= 15 is 0 Å². The van der Waals surface area contributed by atoms with E-state index in [9.17, 15) is 19.5 Å². The van der Waals surface area contributed by atoms with Gasteiger partial charge in [0.1, 0.15) is 12.6 Å². The molecule has 2 amide bonds. The van der Waals surface area contributed by atoms with E-state index in [-0.39, 0.29) is 30.4 Å². The molecule has 2 aromatic rings. The van der Waals surface area contributed by atoms with Gasteiger partial charge in [-0.25, -0.2) is 4.79 Å². The monoisotopic (exact) mass is 464 g/mol. The van der Waals surface area contributed by atoms with Crippen LogP contribution in [0.5, 0.6) is 0 Å². The SMILES string of the molecule is CO[C@H](C)[C@H](NC(=O)OCC1c2ccccc2-c2ccccc21)C(=O)N1CC2CC1C2C(=O)O. The number of alkyl carbamates (subject to hydrolysis) is 1. The third-order valence-electron chi connectivity index (χ3n) is 7.59. The molecule has 3 unspecified atom stereocenters. The number of carboxylic acid groups (broad SMARTS) is 1. The molecular formula is C26H28N2O6. The van der Waals surface area contributed by atoms with Crippen molar-refractivity contribution in [2.75, 3.05) is 20.3 Å². The van der Waals surface area contributed by atoms with Crippen molar-refractivity contribution in [3.05, 3.63) is 59.7 Å². The van der Waals surface area contributed by atoms with Crippen molar-refractivity contribution >= 4 is 18.0 Å². The molecule has 3 fully saturated rings. The van der Waals surface area contributed by atoms with E-state index in [0.29, 0.717) is 13.0 Å². The number of carboxylic acids is 1. The minimum absolute atomic E-state index is 0.0283. The van der Waals surface area contributed by atoms with Crippen LogP contribution in [0.3, 0.4) is 0 Å². The molecule has 34 heavy (non-hydrogen) atoms. The number of benzene rings is 2. The molecule has 6 rings (SSSR count). The molecule has 0 aromatic heterocycles. The first-order chi connectivity index (χ1) is 16.4. The first-order valence-corrected chi connectivity index (χ1v) is 11.6. The van der Waals surface area contributed by atoms with Crippen LogP contribution in [0.4, 0.5) is 4.79 Å². The van der Waals surface area contributed by atoms with Gasteiger partial charge in [-0.05, 0) is 41.5 Å². The average molecular weight is 465 g/mol. The molecule has 2 aliphatic heterocycles. The predicted molar refractivity (Wildman–Crippen MR) is 123 cm³/mol. The number of fused-ring (bicyclic) bond motifs is 4. The number of carbonyl (C=O) groups excluding carboxylic acids is 2. The highest BCUT2D eigenvalue weighted by Crippen LogP contribution is 2.47. The van der Waals surface area contributed by atoms with Crippen LogP contribution in [0.2, 0.25) is 0 Å². The van der Waals surface area contributed by atoms with Gasteiger partial charge in [0, 0.05) is 25.6 Å². The fraction of sp³-hybridized carbons (Fsp3) is 0.423. The van der Waals surface area contributed by atoms with Crippen molar-refractivity contribution in [3.63, 3.8) is 0 Å². The number of hydrogen-bond donors (Lipinski definition) is 2. The first-order valence-electron chi connectivity index (χ1n) is 11.6. The molecule has 2 bridgehead atoms. The predicted octanol–water partition coefficient (Wildman–Crippen LogP) is 2.86. The summed E-state index contributed by atoms with van der Waals surface area (Å²) in [5.74, 6) is -1.86. The largest absolute Gasteiger partial charge is 0.481 e. The van der Waals surface area contributed by atoms with Gasteiger partial charge in [-0.3, -0.25) is 9.59 Å². The van der Waals surface area contributed by atoms with Crippen LogP contribution < -0.4 is 5.32 Å². The van der Waals surface area contributed by atoms with Crippen LogP contribution in [0.15, 0.2) is 48.5 Å². The number of aliphatic carboxylic acids is 1. The van der Waals surface area contributed by atoms with E-state index in [0.717, 1.165) is 22.3 Å². The second kappa shape index (κ2) is 8.76. The second-order valence-corrected chi connectivity index (χ2v) is 9.31. The molecule has 2 heterocycles. The van der Waals surface area contributed by atoms with E-state index in [1.54, 1.807) is 11.8 Å². The smallest absolute Gasteiger partial charge is 0.407 e. The minimum Gasteiger partial charge on any atom is -0.481 e. The van der Waals surface area contributed by atoms with E-state index < -0.39 is 30.1 Å². The first kappa shape index (κ1) is 22.4. The zero-order valence-electron chi connectivity index (χ0n) is 19.1. The Hall–Kier alpha value is -3.39. The lowest BCUT2D eigenvalue weighted by atomic mass is 9.74. The summed E-state index contributed by atoms with van der Waals surface area (Å²) in [5, 5.41) is 12.1. The quantitative estimate of drug-likeness (QED) is 0.653. The van der Waals surface area contributed by atoms with Gasteiger partial charge in [0.15, 0.2) is 0 Å². The summed E-state index contributed by atoms with van der Waals surface area (Å²) in [6.07, 6.45) is -0.624. The molecule has 4 aliphatic rings. The molecule has 2 saturated heterocycles. The van der Waals surface area contributed by atoms with Crippen LogP contribution in [0, 0.1) is 11.8 Å². The zero-order chi connectivity index (χ0) is 24.0. The van der Waals surface area contributed by atoms with Gasteiger partial charge in [0.05, 0.1) is 12.0 Å². The zero-order valence-corrected chi connectivity index (χ0v) is 19.1. The van der Waals surface area contributed by atoms with Crippen LogP contribution in [0.25, 0.3) is 11.1 Å². The molecule has 2 aliphatic carbocycles. The number of methoxy groups -OCH3 is 1. The molecule has 2 N–H and O–H groups in total. The summed E-state index contributed by atoms with van der Waals surface area (Å²) < 4.78 is 11.0. The Balaban J connectivity index is 1.26. The third kappa shape index (κ3) is 3.62. The van der Waals surface area contributed by atoms with E-state index in [1.807, 2.05) is 36.4 Å². The third-order valence-corrected chi connectivity index (χ3v) is 7.59. The Morgan fingerprint density at radius 2 is 1.71 bits per heavy atom. The lowest BCUT2D eigenvalue weighted by molar-refractivity contribution is -0.149.